The van der Waals surface area contributed by atoms with Gasteiger partial charge in [-0.25, -0.2) is 4.39 Å². The second-order valence-electron chi connectivity index (χ2n) is 4.43. The summed E-state index contributed by atoms with van der Waals surface area (Å²) < 4.78 is 18.3. The number of benzene rings is 1. The van der Waals surface area contributed by atoms with Crippen molar-refractivity contribution in [3.63, 3.8) is 0 Å². The van der Waals surface area contributed by atoms with Gasteiger partial charge in [-0.15, -0.1) is 0 Å². The number of nitrogens with two attached hydrogens (primary N) is 1. The number of amides is 1. The van der Waals surface area contributed by atoms with E-state index in [-0.39, 0.29) is 17.5 Å². The maximum absolute atomic E-state index is 13.5. The topological polar surface area (TPSA) is 55.6 Å². The van der Waals surface area contributed by atoms with E-state index >= 15 is 0 Å². The van der Waals surface area contributed by atoms with Crippen molar-refractivity contribution in [3.05, 3.63) is 29.6 Å². The van der Waals surface area contributed by atoms with Gasteiger partial charge in [0.25, 0.3) is 0 Å². The standard InChI is InChI=1S/C14H21FN2O2/c1-17(14(18)4-3-8-16)9-7-11-5-6-13(19-2)12(15)10-11/h5-6,10H,3-4,7-9,16H2,1-2H3. The van der Waals surface area contributed by atoms with Crippen LogP contribution in [0.4, 0.5) is 4.39 Å². The molecule has 0 aliphatic heterocycles. The molecule has 0 fully saturated rings. The molecule has 0 radical (unpaired) electrons. The van der Waals surface area contributed by atoms with Crippen LogP contribution in [-0.4, -0.2) is 38.1 Å². The Morgan fingerprint density at radius 2 is 2.21 bits per heavy atom. The van der Waals surface area contributed by atoms with Crippen LogP contribution >= 0.6 is 0 Å². The zero-order valence-electron chi connectivity index (χ0n) is 11.5. The number of halogens is 1. The molecule has 0 aliphatic rings. The van der Waals surface area contributed by atoms with Gasteiger partial charge in [0.05, 0.1) is 7.11 Å². The Bertz CT molecular complexity index is 424. The number of ether oxygens (including phenoxy) is 1. The fourth-order valence-electron chi connectivity index (χ4n) is 1.73. The summed E-state index contributed by atoms with van der Waals surface area (Å²) in [5.41, 5.74) is 6.21. The molecule has 0 atom stereocenters. The third-order valence-electron chi connectivity index (χ3n) is 2.97. The lowest BCUT2D eigenvalue weighted by molar-refractivity contribution is -0.129. The van der Waals surface area contributed by atoms with Gasteiger partial charge in [0.2, 0.25) is 5.91 Å². The van der Waals surface area contributed by atoms with Crippen LogP contribution in [0.5, 0.6) is 5.75 Å². The van der Waals surface area contributed by atoms with Gasteiger partial charge in [-0.2, -0.15) is 0 Å². The van der Waals surface area contributed by atoms with E-state index in [2.05, 4.69) is 0 Å². The molecule has 4 nitrogen and oxygen atoms in total. The molecule has 5 heteroatoms. The summed E-state index contributed by atoms with van der Waals surface area (Å²) in [6.45, 7) is 1.08. The van der Waals surface area contributed by atoms with Crippen LogP contribution in [0.1, 0.15) is 18.4 Å². The summed E-state index contributed by atoms with van der Waals surface area (Å²) in [7, 11) is 3.18. The number of methoxy groups -OCH3 is 1. The SMILES string of the molecule is COc1ccc(CCN(C)C(=O)CCCN)cc1F. The Hall–Kier alpha value is -1.62. The first-order chi connectivity index (χ1) is 9.08. The first-order valence-electron chi connectivity index (χ1n) is 6.35. The van der Waals surface area contributed by atoms with Crippen LogP contribution in [0.2, 0.25) is 0 Å². The molecule has 0 aromatic heterocycles. The summed E-state index contributed by atoms with van der Waals surface area (Å²) in [6, 6.07) is 4.85. The van der Waals surface area contributed by atoms with Gasteiger partial charge in [-0.1, -0.05) is 6.07 Å². The molecule has 1 aromatic rings. The molecule has 1 rings (SSSR count). The molecule has 0 aliphatic carbocycles. The maximum atomic E-state index is 13.5. The lowest BCUT2D eigenvalue weighted by Crippen LogP contribution is -2.29. The molecule has 0 saturated carbocycles. The molecule has 0 spiro atoms. The molecule has 2 N–H and O–H groups in total. The first-order valence-corrected chi connectivity index (χ1v) is 6.35. The van der Waals surface area contributed by atoms with Gasteiger partial charge in [0, 0.05) is 20.0 Å². The van der Waals surface area contributed by atoms with Crippen molar-refractivity contribution >= 4 is 5.91 Å². The quantitative estimate of drug-likeness (QED) is 0.816. The summed E-state index contributed by atoms with van der Waals surface area (Å²) >= 11 is 0. The van der Waals surface area contributed by atoms with Crippen molar-refractivity contribution in [2.75, 3.05) is 27.2 Å². The van der Waals surface area contributed by atoms with E-state index < -0.39 is 0 Å². The van der Waals surface area contributed by atoms with Crippen molar-refractivity contribution in [1.29, 1.82) is 0 Å². The van der Waals surface area contributed by atoms with Crippen molar-refractivity contribution in [2.45, 2.75) is 19.3 Å². The zero-order chi connectivity index (χ0) is 14.3. The molecule has 0 heterocycles. The third-order valence-corrected chi connectivity index (χ3v) is 2.97. The Morgan fingerprint density at radius 3 is 2.79 bits per heavy atom. The molecular formula is C14H21FN2O2. The molecule has 19 heavy (non-hydrogen) atoms. The number of carbonyl (C=O) groups excluding carboxylic acids is 1. The number of likely N-dealkylation sites (N-methyl/N-ethyl adjacent to an activating group) is 1. The smallest absolute Gasteiger partial charge is 0.222 e. The molecule has 0 saturated heterocycles. The highest BCUT2D eigenvalue weighted by Gasteiger charge is 2.09. The lowest BCUT2D eigenvalue weighted by Gasteiger charge is -2.17. The van der Waals surface area contributed by atoms with Crippen LogP contribution in [0.3, 0.4) is 0 Å². The van der Waals surface area contributed by atoms with Crippen molar-refractivity contribution in [2.24, 2.45) is 5.73 Å². The van der Waals surface area contributed by atoms with Crippen LogP contribution in [0.25, 0.3) is 0 Å². The van der Waals surface area contributed by atoms with E-state index in [1.54, 1.807) is 24.1 Å². The zero-order valence-corrected chi connectivity index (χ0v) is 11.5. The molecule has 0 bridgehead atoms. The second-order valence-corrected chi connectivity index (χ2v) is 4.43. The number of rotatable bonds is 7. The highest BCUT2D eigenvalue weighted by molar-refractivity contribution is 5.75. The maximum Gasteiger partial charge on any atom is 0.222 e. The van der Waals surface area contributed by atoms with Gasteiger partial charge in [-0.05, 0) is 37.1 Å². The van der Waals surface area contributed by atoms with Gasteiger partial charge < -0.3 is 15.4 Å². The van der Waals surface area contributed by atoms with E-state index in [9.17, 15) is 9.18 Å². The van der Waals surface area contributed by atoms with Crippen molar-refractivity contribution in [3.8, 4) is 5.75 Å². The third kappa shape index (κ3) is 4.87. The normalized spacial score (nSPS) is 10.3. The molecule has 1 amide bonds. The van der Waals surface area contributed by atoms with E-state index in [0.717, 1.165) is 5.56 Å². The number of hydrogen-bond acceptors (Lipinski definition) is 3. The molecule has 106 valence electrons. The van der Waals surface area contributed by atoms with E-state index in [1.807, 2.05) is 0 Å². The lowest BCUT2D eigenvalue weighted by atomic mass is 10.1. The summed E-state index contributed by atoms with van der Waals surface area (Å²) in [4.78, 5) is 13.3. The Morgan fingerprint density at radius 1 is 1.47 bits per heavy atom. The van der Waals surface area contributed by atoms with E-state index in [0.29, 0.717) is 32.4 Å². The summed E-state index contributed by atoms with van der Waals surface area (Å²) in [6.07, 6.45) is 1.77. The van der Waals surface area contributed by atoms with Crippen LogP contribution in [-0.2, 0) is 11.2 Å². The van der Waals surface area contributed by atoms with E-state index in [4.69, 9.17) is 10.5 Å². The highest BCUT2D eigenvalue weighted by Crippen LogP contribution is 2.18. The summed E-state index contributed by atoms with van der Waals surface area (Å²) in [5, 5.41) is 0. The van der Waals surface area contributed by atoms with Crippen LogP contribution < -0.4 is 10.5 Å². The Balaban J connectivity index is 2.48. The van der Waals surface area contributed by atoms with Gasteiger partial charge >= 0.3 is 0 Å². The van der Waals surface area contributed by atoms with Gasteiger partial charge in [-0.3, -0.25) is 4.79 Å². The van der Waals surface area contributed by atoms with Crippen molar-refractivity contribution < 1.29 is 13.9 Å². The fraction of sp³-hybridized carbons (Fsp3) is 0.500. The highest BCUT2D eigenvalue weighted by atomic mass is 19.1. The predicted molar refractivity (Wildman–Crippen MR) is 72.6 cm³/mol. The second kappa shape index (κ2) is 7.74. The minimum absolute atomic E-state index is 0.0689. The number of carbonyl (C=O) groups is 1. The molecular weight excluding hydrogens is 247 g/mol. The number of hydrogen-bond donors (Lipinski definition) is 1. The predicted octanol–water partition coefficient (Wildman–Crippen LogP) is 1.57. The van der Waals surface area contributed by atoms with Crippen LogP contribution in [0, 0.1) is 5.82 Å². The average Bonchev–Trinajstić information content (AvgIpc) is 2.42. The number of nitrogens with zero attached hydrogens (tertiary/aromatic N) is 1. The first kappa shape index (κ1) is 15.4. The average molecular weight is 268 g/mol. The van der Waals surface area contributed by atoms with Gasteiger partial charge in [0.15, 0.2) is 11.6 Å². The van der Waals surface area contributed by atoms with Crippen LogP contribution in [0.15, 0.2) is 18.2 Å². The minimum atomic E-state index is -0.378. The Kier molecular flexibility index (Phi) is 6.29. The van der Waals surface area contributed by atoms with Gasteiger partial charge in [0.1, 0.15) is 0 Å². The largest absolute Gasteiger partial charge is 0.494 e. The fourth-order valence-corrected chi connectivity index (χ4v) is 1.73. The van der Waals surface area contributed by atoms with Crippen molar-refractivity contribution in [1.82, 2.24) is 4.90 Å². The minimum Gasteiger partial charge on any atom is -0.494 e. The van der Waals surface area contributed by atoms with E-state index in [1.165, 1.54) is 13.2 Å². The molecule has 0 unspecified atom stereocenters. The summed E-state index contributed by atoms with van der Waals surface area (Å²) in [5.74, 6) is -0.0762. The molecule has 1 aromatic carbocycles. The monoisotopic (exact) mass is 268 g/mol. The Labute approximate surface area is 113 Å².